The first kappa shape index (κ1) is 21.3. The molecule has 0 radical (unpaired) electrons. The van der Waals surface area contributed by atoms with Gasteiger partial charge in [0.15, 0.2) is 0 Å². The summed E-state index contributed by atoms with van der Waals surface area (Å²) in [6, 6.07) is 26.8. The molecule has 3 atom stereocenters. The van der Waals surface area contributed by atoms with E-state index in [1.807, 2.05) is 66.7 Å². The van der Waals surface area contributed by atoms with Gasteiger partial charge < -0.3 is 5.32 Å². The van der Waals surface area contributed by atoms with E-state index < -0.39 is 10.0 Å². The number of sulfonamides is 1. The lowest BCUT2D eigenvalue weighted by Gasteiger charge is -2.37. The summed E-state index contributed by atoms with van der Waals surface area (Å²) in [6.07, 6.45) is 5.33. The molecule has 6 heteroatoms. The maximum absolute atomic E-state index is 13.4. The standard InChI is InChI=1S/C28H23ClN2O2S/c29-20-9-3-8-19(16-20)28-24-12-5-11-23(24)25-17-21(14-15-26(25)30-28)34(32,33)31-27-13-4-7-18-6-1-2-10-22(18)27/h1-11,13-17,23-24,28,30-31H,12H2/t23-,24+,28-/m1/s1. The van der Waals surface area contributed by atoms with E-state index in [0.717, 1.165) is 34.0 Å². The Balaban J connectivity index is 1.36. The first-order valence-electron chi connectivity index (χ1n) is 11.3. The van der Waals surface area contributed by atoms with Crippen LogP contribution in [0, 0.1) is 5.92 Å². The molecule has 0 fully saturated rings. The smallest absolute Gasteiger partial charge is 0.261 e. The summed E-state index contributed by atoms with van der Waals surface area (Å²) in [4.78, 5) is 0.265. The normalized spacial score (nSPS) is 21.0. The lowest BCUT2D eigenvalue weighted by molar-refractivity contribution is 0.425. The number of hydrogen-bond donors (Lipinski definition) is 2. The van der Waals surface area contributed by atoms with Crippen LogP contribution in [0.3, 0.4) is 0 Å². The Bertz CT molecular complexity index is 1540. The van der Waals surface area contributed by atoms with Crippen molar-refractivity contribution in [1.29, 1.82) is 0 Å². The van der Waals surface area contributed by atoms with Gasteiger partial charge in [-0.15, -0.1) is 0 Å². The van der Waals surface area contributed by atoms with E-state index >= 15 is 0 Å². The molecule has 1 heterocycles. The van der Waals surface area contributed by atoms with Crippen molar-refractivity contribution in [3.8, 4) is 0 Å². The zero-order valence-electron chi connectivity index (χ0n) is 18.3. The summed E-state index contributed by atoms with van der Waals surface area (Å²) >= 11 is 6.26. The summed E-state index contributed by atoms with van der Waals surface area (Å²) in [5.41, 5.74) is 3.69. The fourth-order valence-corrected chi connectivity index (χ4v) is 6.60. The van der Waals surface area contributed by atoms with Gasteiger partial charge in [-0.05, 0) is 65.3 Å². The number of fused-ring (bicyclic) bond motifs is 4. The highest BCUT2D eigenvalue weighted by Crippen LogP contribution is 2.50. The number of allylic oxidation sites excluding steroid dienone is 2. The molecular weight excluding hydrogens is 464 g/mol. The molecule has 34 heavy (non-hydrogen) atoms. The molecule has 1 aliphatic heterocycles. The van der Waals surface area contributed by atoms with Gasteiger partial charge in [-0.3, -0.25) is 4.72 Å². The zero-order valence-corrected chi connectivity index (χ0v) is 19.9. The van der Waals surface area contributed by atoms with E-state index in [1.165, 1.54) is 0 Å². The number of anilines is 2. The maximum atomic E-state index is 13.4. The van der Waals surface area contributed by atoms with Crippen LogP contribution in [0.15, 0.2) is 102 Å². The van der Waals surface area contributed by atoms with Gasteiger partial charge in [0.2, 0.25) is 0 Å². The lowest BCUT2D eigenvalue weighted by Crippen LogP contribution is -2.29. The van der Waals surface area contributed by atoms with Crippen LogP contribution in [0.25, 0.3) is 10.8 Å². The van der Waals surface area contributed by atoms with Gasteiger partial charge >= 0.3 is 0 Å². The van der Waals surface area contributed by atoms with E-state index in [-0.39, 0.29) is 16.9 Å². The summed E-state index contributed by atoms with van der Waals surface area (Å²) in [5, 5.41) is 6.23. The van der Waals surface area contributed by atoms with E-state index in [0.29, 0.717) is 16.6 Å². The van der Waals surface area contributed by atoms with Gasteiger partial charge in [0.1, 0.15) is 0 Å². The van der Waals surface area contributed by atoms with Crippen molar-refractivity contribution in [3.63, 3.8) is 0 Å². The monoisotopic (exact) mass is 486 g/mol. The molecule has 4 nitrogen and oxygen atoms in total. The van der Waals surface area contributed by atoms with Gasteiger partial charge in [0, 0.05) is 22.0 Å². The van der Waals surface area contributed by atoms with E-state index in [2.05, 4.69) is 28.3 Å². The van der Waals surface area contributed by atoms with Crippen molar-refractivity contribution < 1.29 is 8.42 Å². The molecule has 2 N–H and O–H groups in total. The summed E-state index contributed by atoms with van der Waals surface area (Å²) in [7, 11) is -3.76. The Morgan fingerprint density at radius 3 is 2.62 bits per heavy atom. The average Bonchev–Trinajstić information content (AvgIpc) is 3.34. The van der Waals surface area contributed by atoms with Crippen LogP contribution in [-0.2, 0) is 10.0 Å². The second-order valence-corrected chi connectivity index (χ2v) is 11.0. The van der Waals surface area contributed by atoms with Crippen molar-refractivity contribution in [3.05, 3.63) is 113 Å². The number of hydrogen-bond acceptors (Lipinski definition) is 3. The Labute approximate surface area is 204 Å². The first-order chi connectivity index (χ1) is 16.5. The molecule has 170 valence electrons. The Kier molecular flexibility index (Phi) is 5.12. The third-order valence-corrected chi connectivity index (χ3v) is 8.48. The van der Waals surface area contributed by atoms with Crippen molar-refractivity contribution >= 4 is 43.8 Å². The molecule has 0 unspecified atom stereocenters. The highest BCUT2D eigenvalue weighted by Gasteiger charge is 2.38. The minimum Gasteiger partial charge on any atom is -0.378 e. The van der Waals surface area contributed by atoms with Gasteiger partial charge in [0.25, 0.3) is 10.0 Å². The fraction of sp³-hybridized carbons (Fsp3) is 0.143. The van der Waals surface area contributed by atoms with E-state index in [9.17, 15) is 8.42 Å². The molecule has 6 rings (SSSR count). The fourth-order valence-electron chi connectivity index (χ4n) is 5.29. The molecule has 0 aromatic heterocycles. The molecule has 0 saturated heterocycles. The van der Waals surface area contributed by atoms with Gasteiger partial charge in [-0.1, -0.05) is 72.3 Å². The topological polar surface area (TPSA) is 58.2 Å². The number of benzene rings is 4. The average molecular weight is 487 g/mol. The second kappa shape index (κ2) is 8.19. The predicted octanol–water partition coefficient (Wildman–Crippen LogP) is 7.12. The zero-order chi connectivity index (χ0) is 23.3. The minimum absolute atomic E-state index is 0.113. The molecule has 0 spiro atoms. The van der Waals surface area contributed by atoms with Crippen molar-refractivity contribution in [2.24, 2.45) is 5.92 Å². The highest BCUT2D eigenvalue weighted by molar-refractivity contribution is 7.92. The van der Waals surface area contributed by atoms with E-state index in [4.69, 9.17) is 11.6 Å². The Morgan fingerprint density at radius 1 is 0.912 bits per heavy atom. The van der Waals surface area contributed by atoms with Crippen LogP contribution in [0.5, 0.6) is 0 Å². The summed E-state index contributed by atoms with van der Waals surface area (Å²) in [5.74, 6) is 0.447. The molecule has 4 aromatic carbocycles. The van der Waals surface area contributed by atoms with Crippen LogP contribution in [0.2, 0.25) is 5.02 Å². The quantitative estimate of drug-likeness (QED) is 0.302. The van der Waals surface area contributed by atoms with Crippen LogP contribution in [-0.4, -0.2) is 8.42 Å². The molecule has 2 aliphatic rings. The van der Waals surface area contributed by atoms with Gasteiger partial charge in [0.05, 0.1) is 16.6 Å². The highest BCUT2D eigenvalue weighted by atomic mass is 35.5. The molecule has 0 amide bonds. The van der Waals surface area contributed by atoms with E-state index in [1.54, 1.807) is 12.1 Å². The lowest BCUT2D eigenvalue weighted by atomic mass is 9.77. The number of halogens is 1. The van der Waals surface area contributed by atoms with Crippen molar-refractivity contribution in [1.82, 2.24) is 0 Å². The minimum atomic E-state index is -3.76. The third-order valence-electron chi connectivity index (χ3n) is 6.89. The van der Waals surface area contributed by atoms with Crippen molar-refractivity contribution in [2.45, 2.75) is 23.3 Å². The second-order valence-electron chi connectivity index (χ2n) is 8.91. The van der Waals surface area contributed by atoms with Crippen LogP contribution in [0.1, 0.15) is 29.5 Å². The molecule has 4 aromatic rings. The predicted molar refractivity (Wildman–Crippen MR) is 139 cm³/mol. The maximum Gasteiger partial charge on any atom is 0.261 e. The van der Waals surface area contributed by atoms with Crippen LogP contribution >= 0.6 is 11.6 Å². The molecule has 0 saturated carbocycles. The number of nitrogens with one attached hydrogen (secondary N) is 2. The molecule has 1 aliphatic carbocycles. The Morgan fingerprint density at radius 2 is 1.74 bits per heavy atom. The van der Waals surface area contributed by atoms with Crippen LogP contribution in [0.4, 0.5) is 11.4 Å². The summed E-state index contributed by atoms with van der Waals surface area (Å²) < 4.78 is 29.6. The Hall–Kier alpha value is -3.28. The SMILES string of the molecule is O=S(=O)(Nc1cccc2ccccc12)c1ccc2c(c1)[C@@H]1C=CC[C@@H]1[C@@H](c1cccc(Cl)c1)N2. The van der Waals surface area contributed by atoms with Crippen LogP contribution < -0.4 is 10.0 Å². The third kappa shape index (κ3) is 3.65. The van der Waals surface area contributed by atoms with Crippen molar-refractivity contribution in [2.75, 3.05) is 10.0 Å². The largest absolute Gasteiger partial charge is 0.378 e. The first-order valence-corrected chi connectivity index (χ1v) is 13.2. The van der Waals surface area contributed by atoms with Gasteiger partial charge in [-0.2, -0.15) is 0 Å². The summed E-state index contributed by atoms with van der Waals surface area (Å²) in [6.45, 7) is 0. The molecular formula is C28H23ClN2O2S. The number of rotatable bonds is 4. The van der Waals surface area contributed by atoms with Gasteiger partial charge in [-0.25, -0.2) is 8.42 Å². The molecule has 0 bridgehead atoms.